The van der Waals surface area contributed by atoms with Crippen molar-refractivity contribution in [1.82, 2.24) is 0 Å². The molecule has 0 unspecified atom stereocenters. The Bertz CT molecular complexity index is 991. The average molecular weight is 410 g/mol. The molecule has 27 heavy (non-hydrogen) atoms. The van der Waals surface area contributed by atoms with Gasteiger partial charge in [0.2, 0.25) is 6.10 Å². The zero-order valence-electron chi connectivity index (χ0n) is 14.3. The average Bonchev–Trinajstić information content (AvgIpc) is 3.05. The number of anilines is 1. The number of halogens is 1. The lowest BCUT2D eigenvalue weighted by molar-refractivity contribution is -0.145. The van der Waals surface area contributed by atoms with Gasteiger partial charge in [-0.05, 0) is 36.4 Å². The molecule has 0 saturated carbocycles. The molecule has 1 fully saturated rings. The second kappa shape index (κ2) is 7.58. The Balaban J connectivity index is 1.85. The highest BCUT2D eigenvalue weighted by Gasteiger charge is 2.31. The number of cyclic esters (lactones) is 1. The van der Waals surface area contributed by atoms with Gasteiger partial charge in [0.25, 0.3) is 10.0 Å². The van der Waals surface area contributed by atoms with E-state index in [1.54, 1.807) is 18.2 Å². The van der Waals surface area contributed by atoms with Gasteiger partial charge in [-0.25, -0.2) is 18.0 Å². The van der Waals surface area contributed by atoms with Crippen LogP contribution in [0.25, 0.3) is 0 Å². The second-order valence-corrected chi connectivity index (χ2v) is 8.24. The summed E-state index contributed by atoms with van der Waals surface area (Å²) in [5.41, 5.74) is 0.402. The summed E-state index contributed by atoms with van der Waals surface area (Å²) in [4.78, 5) is 23.6. The first-order valence-corrected chi connectivity index (χ1v) is 9.83. The number of hydrogen-bond donors (Lipinski definition) is 0. The van der Waals surface area contributed by atoms with E-state index in [9.17, 15) is 18.0 Å². The zero-order valence-corrected chi connectivity index (χ0v) is 15.9. The Kier molecular flexibility index (Phi) is 5.38. The van der Waals surface area contributed by atoms with Crippen molar-refractivity contribution >= 4 is 39.3 Å². The quantitative estimate of drug-likeness (QED) is 0.705. The first kappa shape index (κ1) is 19.2. The van der Waals surface area contributed by atoms with Gasteiger partial charge in [-0.15, -0.1) is 0 Å². The molecule has 142 valence electrons. The molecule has 1 aliphatic rings. The van der Waals surface area contributed by atoms with Gasteiger partial charge in [0.05, 0.1) is 22.8 Å². The molecule has 0 aromatic heterocycles. The van der Waals surface area contributed by atoms with Crippen molar-refractivity contribution in [2.45, 2.75) is 17.4 Å². The molecule has 0 aliphatic carbocycles. The number of hydrogen-bond acceptors (Lipinski definition) is 6. The van der Waals surface area contributed by atoms with Gasteiger partial charge >= 0.3 is 11.9 Å². The fraction of sp³-hybridized carbons (Fsp3) is 0.222. The van der Waals surface area contributed by atoms with Crippen molar-refractivity contribution in [2.75, 3.05) is 18.0 Å². The summed E-state index contributed by atoms with van der Waals surface area (Å²) in [6, 6.07) is 11.8. The molecular formula is C18H16ClNO6S. The number of sulfonamides is 1. The van der Waals surface area contributed by atoms with Crippen LogP contribution in [-0.2, 0) is 24.3 Å². The predicted octanol–water partition coefficient (Wildman–Crippen LogP) is 2.64. The van der Waals surface area contributed by atoms with Gasteiger partial charge in [-0.3, -0.25) is 4.31 Å². The van der Waals surface area contributed by atoms with Crippen LogP contribution >= 0.6 is 11.6 Å². The molecule has 1 aliphatic heterocycles. The van der Waals surface area contributed by atoms with E-state index in [0.29, 0.717) is 10.7 Å². The first-order valence-electron chi connectivity index (χ1n) is 8.01. The second-order valence-electron chi connectivity index (χ2n) is 5.83. The van der Waals surface area contributed by atoms with E-state index in [1.165, 1.54) is 37.4 Å². The van der Waals surface area contributed by atoms with Gasteiger partial charge in [-0.1, -0.05) is 23.7 Å². The Morgan fingerprint density at radius 1 is 1.22 bits per heavy atom. The van der Waals surface area contributed by atoms with Crippen molar-refractivity contribution in [3.63, 3.8) is 0 Å². The van der Waals surface area contributed by atoms with Gasteiger partial charge in [-0.2, -0.15) is 0 Å². The third-order valence-corrected chi connectivity index (χ3v) is 6.05. The molecular weight excluding hydrogens is 394 g/mol. The predicted molar refractivity (Wildman–Crippen MR) is 98.3 cm³/mol. The van der Waals surface area contributed by atoms with E-state index < -0.39 is 28.1 Å². The van der Waals surface area contributed by atoms with Crippen molar-refractivity contribution in [2.24, 2.45) is 0 Å². The highest BCUT2D eigenvalue weighted by Crippen LogP contribution is 2.25. The summed E-state index contributed by atoms with van der Waals surface area (Å²) in [5.74, 6) is -1.39. The van der Waals surface area contributed by atoms with Crippen molar-refractivity contribution in [3.8, 4) is 0 Å². The topological polar surface area (TPSA) is 90.0 Å². The zero-order chi connectivity index (χ0) is 19.6. The van der Waals surface area contributed by atoms with Crippen molar-refractivity contribution in [1.29, 1.82) is 0 Å². The van der Waals surface area contributed by atoms with Crippen LogP contribution in [0.15, 0.2) is 53.4 Å². The largest absolute Gasteiger partial charge is 0.463 e. The van der Waals surface area contributed by atoms with Crippen LogP contribution in [-0.4, -0.2) is 40.1 Å². The number of carbonyl (C=O) groups excluding carboxylic acids is 2. The standard InChI is InChI=1S/C18H16ClNO6S/c1-20(14-6-3-5-13(19)11-14)27(23,24)15-7-2-4-12(10-15)17(21)26-16-8-9-25-18(16)22/h2-7,10-11,16H,8-9H2,1H3/t16-/m1/s1. The van der Waals surface area contributed by atoms with Gasteiger partial charge in [0.15, 0.2) is 0 Å². The molecule has 9 heteroatoms. The minimum absolute atomic E-state index is 0.0234. The Morgan fingerprint density at radius 2 is 1.96 bits per heavy atom. The van der Waals surface area contributed by atoms with Gasteiger partial charge in [0, 0.05) is 18.5 Å². The van der Waals surface area contributed by atoms with E-state index in [1.807, 2.05) is 0 Å². The van der Waals surface area contributed by atoms with Gasteiger partial charge < -0.3 is 9.47 Å². The SMILES string of the molecule is CN(c1cccc(Cl)c1)S(=O)(=O)c1cccc(C(=O)O[C@@H]2CCOC2=O)c1. The number of ether oxygens (including phenoxy) is 2. The third-order valence-electron chi connectivity index (χ3n) is 4.04. The molecule has 2 aromatic rings. The van der Waals surface area contributed by atoms with E-state index in [0.717, 1.165) is 4.31 Å². The smallest absolute Gasteiger partial charge is 0.347 e. The van der Waals surface area contributed by atoms with E-state index >= 15 is 0 Å². The maximum absolute atomic E-state index is 12.9. The van der Waals surface area contributed by atoms with Gasteiger partial charge in [0.1, 0.15) is 0 Å². The maximum atomic E-state index is 12.9. The fourth-order valence-electron chi connectivity index (χ4n) is 2.53. The van der Waals surface area contributed by atoms with Crippen LogP contribution in [0, 0.1) is 0 Å². The Morgan fingerprint density at radius 3 is 2.63 bits per heavy atom. The van der Waals surface area contributed by atoms with E-state index in [2.05, 4.69) is 0 Å². The number of benzene rings is 2. The number of carbonyl (C=O) groups is 2. The normalized spacial score (nSPS) is 16.7. The van der Waals surface area contributed by atoms with E-state index in [-0.39, 0.29) is 23.5 Å². The minimum atomic E-state index is -3.93. The molecule has 0 bridgehead atoms. The minimum Gasteiger partial charge on any atom is -0.463 e. The molecule has 1 saturated heterocycles. The summed E-state index contributed by atoms with van der Waals surface area (Å²) in [5, 5.41) is 0.398. The van der Waals surface area contributed by atoms with Crippen LogP contribution in [0.5, 0.6) is 0 Å². The Hall–Kier alpha value is -2.58. The molecule has 3 rings (SSSR count). The summed E-state index contributed by atoms with van der Waals surface area (Å²) < 4.78 is 36.7. The molecule has 2 aromatic carbocycles. The van der Waals surface area contributed by atoms with Crippen LogP contribution in [0.2, 0.25) is 5.02 Å². The molecule has 7 nitrogen and oxygen atoms in total. The molecule has 0 spiro atoms. The first-order chi connectivity index (χ1) is 12.8. The van der Waals surface area contributed by atoms with Crippen LogP contribution in [0.4, 0.5) is 5.69 Å². The maximum Gasteiger partial charge on any atom is 0.347 e. The summed E-state index contributed by atoms with van der Waals surface area (Å²) in [7, 11) is -2.54. The fourth-order valence-corrected chi connectivity index (χ4v) is 3.95. The summed E-state index contributed by atoms with van der Waals surface area (Å²) in [6.45, 7) is 0.190. The molecule has 0 N–H and O–H groups in total. The highest BCUT2D eigenvalue weighted by atomic mass is 35.5. The van der Waals surface area contributed by atoms with Crippen LogP contribution < -0.4 is 4.31 Å². The Labute approximate surface area is 161 Å². The third kappa shape index (κ3) is 4.06. The highest BCUT2D eigenvalue weighted by molar-refractivity contribution is 7.92. The van der Waals surface area contributed by atoms with E-state index in [4.69, 9.17) is 21.1 Å². The van der Waals surface area contributed by atoms with Crippen LogP contribution in [0.3, 0.4) is 0 Å². The van der Waals surface area contributed by atoms with Crippen LogP contribution in [0.1, 0.15) is 16.8 Å². The molecule has 0 amide bonds. The van der Waals surface area contributed by atoms with Crippen molar-refractivity contribution in [3.05, 3.63) is 59.1 Å². The lowest BCUT2D eigenvalue weighted by Gasteiger charge is -2.20. The van der Waals surface area contributed by atoms with Crippen molar-refractivity contribution < 1.29 is 27.5 Å². The number of nitrogens with zero attached hydrogens (tertiary/aromatic N) is 1. The monoisotopic (exact) mass is 409 g/mol. The summed E-state index contributed by atoms with van der Waals surface area (Å²) >= 11 is 5.92. The summed E-state index contributed by atoms with van der Waals surface area (Å²) in [6.07, 6.45) is -0.688. The number of esters is 2. The lowest BCUT2D eigenvalue weighted by Crippen LogP contribution is -2.27. The molecule has 0 radical (unpaired) electrons. The molecule has 1 atom stereocenters. The number of rotatable bonds is 5. The molecule has 1 heterocycles. The lowest BCUT2D eigenvalue weighted by atomic mass is 10.2.